The van der Waals surface area contributed by atoms with Gasteiger partial charge in [0.25, 0.3) is 0 Å². The minimum atomic E-state index is -0.422. The zero-order valence-electron chi connectivity index (χ0n) is 20.2. The van der Waals surface area contributed by atoms with Crippen molar-refractivity contribution in [2.24, 2.45) is 17.3 Å². The summed E-state index contributed by atoms with van der Waals surface area (Å²) < 4.78 is 30.9. The Morgan fingerprint density at radius 2 is 1.70 bits per heavy atom. The van der Waals surface area contributed by atoms with E-state index in [1.165, 1.54) is 6.42 Å². The third kappa shape index (κ3) is 4.34. The molecule has 33 heavy (non-hydrogen) atoms. The maximum atomic E-state index is 6.68. The molecular formula is C27H35BO5. The maximum Gasteiger partial charge on any atom is 0.491 e. The van der Waals surface area contributed by atoms with Crippen LogP contribution in [0.1, 0.15) is 44.7 Å². The molecule has 0 spiro atoms. The summed E-state index contributed by atoms with van der Waals surface area (Å²) in [6, 6.07) is 17.9. The van der Waals surface area contributed by atoms with Gasteiger partial charge in [0.1, 0.15) is 11.8 Å². The van der Waals surface area contributed by atoms with Crippen molar-refractivity contribution in [2.75, 3.05) is 13.7 Å². The van der Waals surface area contributed by atoms with Crippen LogP contribution in [0.15, 0.2) is 54.6 Å². The van der Waals surface area contributed by atoms with Crippen LogP contribution in [0.2, 0.25) is 0 Å². The molecule has 176 valence electrons. The Balaban J connectivity index is 1.25. The van der Waals surface area contributed by atoms with E-state index in [4.69, 9.17) is 23.5 Å². The van der Waals surface area contributed by atoms with Gasteiger partial charge in [0.2, 0.25) is 0 Å². The molecular weight excluding hydrogens is 415 g/mol. The Bertz CT molecular complexity index is 933. The van der Waals surface area contributed by atoms with E-state index in [9.17, 15) is 0 Å². The standard InChI is InChI=1S/C27H35BO5/c1-26(2)21-14-23(26)27(3)24(15-21)32-28(33-27)25(31-17-19-8-6-5-7-9-19)18-30-16-20-10-12-22(29-4)13-11-20/h5-13,21,23-25H,14-18H2,1-4H3/t21?,23?,24-,25+,27+/m1/s1. The predicted molar refractivity (Wildman–Crippen MR) is 128 cm³/mol. The van der Waals surface area contributed by atoms with E-state index < -0.39 is 7.12 Å². The van der Waals surface area contributed by atoms with Gasteiger partial charge in [-0.05, 0) is 60.3 Å². The quantitative estimate of drug-likeness (QED) is 0.500. The fourth-order valence-electron chi connectivity index (χ4n) is 6.06. The first-order valence-electron chi connectivity index (χ1n) is 12.1. The van der Waals surface area contributed by atoms with Gasteiger partial charge in [-0.15, -0.1) is 0 Å². The van der Waals surface area contributed by atoms with Crippen LogP contribution in [-0.2, 0) is 32.0 Å². The van der Waals surface area contributed by atoms with Gasteiger partial charge in [0, 0.05) is 0 Å². The fourth-order valence-corrected chi connectivity index (χ4v) is 6.06. The third-order valence-corrected chi connectivity index (χ3v) is 8.29. The van der Waals surface area contributed by atoms with Gasteiger partial charge >= 0.3 is 7.12 Å². The van der Waals surface area contributed by atoms with E-state index in [-0.39, 0.29) is 17.7 Å². The van der Waals surface area contributed by atoms with Crippen molar-refractivity contribution >= 4 is 7.12 Å². The first-order valence-corrected chi connectivity index (χ1v) is 12.1. The lowest BCUT2D eigenvalue weighted by Gasteiger charge is -2.64. The van der Waals surface area contributed by atoms with Crippen molar-refractivity contribution in [3.63, 3.8) is 0 Å². The molecule has 1 saturated heterocycles. The normalized spacial score (nSPS) is 30.4. The topological polar surface area (TPSA) is 46.2 Å². The summed E-state index contributed by atoms with van der Waals surface area (Å²) in [5.74, 6) is 2.08. The molecule has 5 nitrogen and oxygen atoms in total. The van der Waals surface area contributed by atoms with Gasteiger partial charge < -0.3 is 23.5 Å². The molecule has 2 bridgehead atoms. The molecule has 0 N–H and O–H groups in total. The Morgan fingerprint density at radius 1 is 0.970 bits per heavy atom. The average Bonchev–Trinajstić information content (AvgIpc) is 3.19. The maximum absolute atomic E-state index is 6.68. The molecule has 0 radical (unpaired) electrons. The van der Waals surface area contributed by atoms with Crippen LogP contribution in [0.5, 0.6) is 5.75 Å². The molecule has 6 rings (SSSR count). The Morgan fingerprint density at radius 3 is 2.39 bits per heavy atom. The zero-order valence-corrected chi connectivity index (χ0v) is 20.2. The molecule has 4 fully saturated rings. The van der Waals surface area contributed by atoms with E-state index >= 15 is 0 Å². The molecule has 0 amide bonds. The molecule has 6 heteroatoms. The highest BCUT2D eigenvalue weighted by atomic mass is 16.7. The lowest BCUT2D eigenvalue weighted by molar-refractivity contribution is -0.199. The van der Waals surface area contributed by atoms with Crippen molar-refractivity contribution in [1.82, 2.24) is 0 Å². The first-order chi connectivity index (χ1) is 15.9. The second kappa shape index (κ2) is 9.07. The fraction of sp³-hybridized carbons (Fsp3) is 0.556. The number of methoxy groups -OCH3 is 1. The Hall–Kier alpha value is -1.86. The first kappa shape index (κ1) is 22.9. The highest BCUT2D eigenvalue weighted by molar-refractivity contribution is 6.47. The lowest BCUT2D eigenvalue weighted by Crippen LogP contribution is -2.65. The van der Waals surface area contributed by atoms with Crippen LogP contribution >= 0.6 is 0 Å². The van der Waals surface area contributed by atoms with Crippen LogP contribution in [0.3, 0.4) is 0 Å². The highest BCUT2D eigenvalue weighted by Gasteiger charge is 2.68. The van der Waals surface area contributed by atoms with Crippen molar-refractivity contribution in [3.05, 3.63) is 65.7 Å². The molecule has 2 aromatic carbocycles. The third-order valence-electron chi connectivity index (χ3n) is 8.29. The van der Waals surface area contributed by atoms with Gasteiger partial charge in [-0.2, -0.15) is 0 Å². The van der Waals surface area contributed by atoms with Crippen molar-refractivity contribution < 1.29 is 23.5 Å². The molecule has 4 aliphatic rings. The van der Waals surface area contributed by atoms with E-state index in [0.717, 1.165) is 29.2 Å². The zero-order chi connectivity index (χ0) is 23.1. The van der Waals surface area contributed by atoms with E-state index in [0.29, 0.717) is 31.2 Å². The van der Waals surface area contributed by atoms with Crippen molar-refractivity contribution in [1.29, 1.82) is 0 Å². The van der Waals surface area contributed by atoms with Gasteiger partial charge in [-0.1, -0.05) is 56.3 Å². The van der Waals surface area contributed by atoms with Crippen LogP contribution in [-0.4, -0.2) is 38.5 Å². The van der Waals surface area contributed by atoms with E-state index in [2.05, 4.69) is 32.9 Å². The summed E-state index contributed by atoms with van der Waals surface area (Å²) in [6.07, 6.45) is 2.43. The van der Waals surface area contributed by atoms with Crippen molar-refractivity contribution in [2.45, 2.75) is 64.5 Å². The second-order valence-corrected chi connectivity index (χ2v) is 10.5. The monoisotopic (exact) mass is 450 g/mol. The summed E-state index contributed by atoms with van der Waals surface area (Å²) in [5, 5.41) is 0. The molecule has 1 heterocycles. The molecule has 5 atom stereocenters. The molecule has 3 aliphatic carbocycles. The SMILES string of the molecule is COc1ccc(COC[C@H](OCc2ccccc2)B2O[C@@H]3CC4CC(C4(C)C)[C@]3(C)O2)cc1. The summed E-state index contributed by atoms with van der Waals surface area (Å²) in [7, 11) is 1.25. The molecule has 2 aromatic rings. The van der Waals surface area contributed by atoms with Gasteiger partial charge in [0.15, 0.2) is 0 Å². The molecule has 0 aromatic heterocycles. The largest absolute Gasteiger partial charge is 0.497 e. The van der Waals surface area contributed by atoms with Crippen LogP contribution < -0.4 is 4.74 Å². The van der Waals surface area contributed by atoms with Gasteiger partial charge in [0.05, 0.1) is 38.6 Å². The van der Waals surface area contributed by atoms with Gasteiger partial charge in [-0.25, -0.2) is 0 Å². The molecule has 1 aliphatic heterocycles. The smallest absolute Gasteiger partial charge is 0.491 e. The minimum Gasteiger partial charge on any atom is -0.497 e. The van der Waals surface area contributed by atoms with Crippen LogP contribution in [0.25, 0.3) is 0 Å². The molecule has 3 saturated carbocycles. The van der Waals surface area contributed by atoms with E-state index in [1.807, 2.05) is 42.5 Å². The van der Waals surface area contributed by atoms with Crippen molar-refractivity contribution in [3.8, 4) is 5.75 Å². The lowest BCUT2D eigenvalue weighted by atomic mass is 9.43. The number of hydrogen-bond donors (Lipinski definition) is 0. The number of ether oxygens (including phenoxy) is 3. The van der Waals surface area contributed by atoms with E-state index in [1.54, 1.807) is 7.11 Å². The predicted octanol–water partition coefficient (Wildman–Crippen LogP) is 5.06. The average molecular weight is 450 g/mol. The number of benzene rings is 2. The Kier molecular flexibility index (Phi) is 6.29. The highest BCUT2D eigenvalue weighted by Crippen LogP contribution is 2.65. The summed E-state index contributed by atoms with van der Waals surface area (Å²) in [4.78, 5) is 0. The van der Waals surface area contributed by atoms with Crippen LogP contribution in [0.4, 0.5) is 0 Å². The number of hydrogen-bond acceptors (Lipinski definition) is 5. The minimum absolute atomic E-state index is 0.128. The van der Waals surface area contributed by atoms with Crippen LogP contribution in [0, 0.1) is 17.3 Å². The summed E-state index contributed by atoms with van der Waals surface area (Å²) >= 11 is 0. The summed E-state index contributed by atoms with van der Waals surface area (Å²) in [6.45, 7) is 8.41. The van der Waals surface area contributed by atoms with Gasteiger partial charge in [-0.3, -0.25) is 0 Å². The molecule has 2 unspecified atom stereocenters. The second-order valence-electron chi connectivity index (χ2n) is 10.5. The summed E-state index contributed by atoms with van der Waals surface area (Å²) in [5.41, 5.74) is 2.28. The number of rotatable bonds is 9. The Labute approximate surface area is 197 Å².